The molecule has 1 atom stereocenters. The van der Waals surface area contributed by atoms with Gasteiger partial charge in [-0.1, -0.05) is 44.2 Å². The molecule has 1 aromatic carbocycles. The lowest BCUT2D eigenvalue weighted by molar-refractivity contribution is -0.0640. The predicted octanol–water partition coefficient (Wildman–Crippen LogP) is 3.75. The van der Waals surface area contributed by atoms with Crippen molar-refractivity contribution >= 4 is 13.2 Å². The second kappa shape index (κ2) is 5.05. The second-order valence-corrected chi connectivity index (χ2v) is 6.83. The van der Waals surface area contributed by atoms with Crippen LogP contribution in [0.25, 0.3) is 6.08 Å². The number of hydrogen-bond acceptors (Lipinski definition) is 2. The molecule has 1 unspecified atom stereocenters. The minimum absolute atomic E-state index is 0.132. The average molecular weight is 270 g/mol. The van der Waals surface area contributed by atoms with Gasteiger partial charge in [0.05, 0.1) is 5.60 Å². The van der Waals surface area contributed by atoms with E-state index in [0.717, 1.165) is 13.0 Å². The number of rotatable bonds is 2. The summed E-state index contributed by atoms with van der Waals surface area (Å²) in [6.07, 6.45) is 3.18. The molecule has 1 heterocycles. The third-order valence-electron chi connectivity index (χ3n) is 4.63. The van der Waals surface area contributed by atoms with Crippen LogP contribution < -0.4 is 0 Å². The summed E-state index contributed by atoms with van der Waals surface area (Å²) in [4.78, 5) is 0. The first-order chi connectivity index (χ1) is 9.47. The summed E-state index contributed by atoms with van der Waals surface area (Å²) in [7, 11) is -0.188. The van der Waals surface area contributed by atoms with Crippen molar-refractivity contribution < 1.29 is 9.31 Å². The maximum Gasteiger partial charge on any atom is 0.490 e. The zero-order valence-corrected chi connectivity index (χ0v) is 12.8. The average Bonchev–Trinajstić information content (AvgIpc) is 2.80. The van der Waals surface area contributed by atoms with Gasteiger partial charge in [-0.25, -0.2) is 0 Å². The molecular weight excluding hydrogens is 247 g/mol. The Kier molecular flexibility index (Phi) is 3.51. The Morgan fingerprint density at radius 1 is 1.25 bits per heavy atom. The van der Waals surface area contributed by atoms with Crippen LogP contribution in [-0.2, 0) is 15.7 Å². The molecule has 3 rings (SSSR count). The standard InChI is InChI=1S/C17H23BO2/c1-12(2)16-11-19-18(20-17(16,3)4)15-9-13-7-5-6-8-14(13)10-15/h5-9,12,16H,10-11H2,1-4H3. The minimum atomic E-state index is -0.188. The Labute approximate surface area is 122 Å². The van der Waals surface area contributed by atoms with Gasteiger partial charge in [-0.3, -0.25) is 0 Å². The maximum atomic E-state index is 6.27. The molecule has 1 fully saturated rings. The largest absolute Gasteiger partial charge is 0.490 e. The van der Waals surface area contributed by atoms with Crippen molar-refractivity contribution in [2.75, 3.05) is 6.61 Å². The van der Waals surface area contributed by atoms with Crippen LogP contribution in [0.15, 0.2) is 29.7 Å². The topological polar surface area (TPSA) is 18.5 Å². The Morgan fingerprint density at radius 2 is 2.00 bits per heavy atom. The zero-order valence-electron chi connectivity index (χ0n) is 12.8. The maximum absolute atomic E-state index is 6.27. The summed E-state index contributed by atoms with van der Waals surface area (Å²) in [5.41, 5.74) is 3.80. The molecule has 1 aromatic rings. The van der Waals surface area contributed by atoms with Gasteiger partial charge in [0.25, 0.3) is 0 Å². The minimum Gasteiger partial charge on any atom is -0.407 e. The molecule has 3 heteroatoms. The molecule has 0 spiro atoms. The molecular formula is C17H23BO2. The van der Waals surface area contributed by atoms with E-state index in [1.807, 2.05) is 0 Å². The third kappa shape index (κ3) is 2.45. The Balaban J connectivity index is 1.76. The van der Waals surface area contributed by atoms with Crippen molar-refractivity contribution in [2.45, 2.75) is 39.7 Å². The summed E-state index contributed by atoms with van der Waals surface area (Å²) in [6, 6.07) is 8.52. The molecule has 0 bridgehead atoms. The molecule has 0 aromatic heterocycles. The third-order valence-corrected chi connectivity index (χ3v) is 4.63. The molecule has 106 valence electrons. The number of hydrogen-bond donors (Lipinski definition) is 0. The SMILES string of the molecule is CC(C)C1COB(C2=Cc3ccccc3C2)OC1(C)C. The molecule has 0 N–H and O–H groups in total. The van der Waals surface area contributed by atoms with E-state index in [2.05, 4.69) is 58.0 Å². The Hall–Kier alpha value is -1.06. The molecule has 1 aliphatic heterocycles. The van der Waals surface area contributed by atoms with E-state index in [9.17, 15) is 0 Å². The van der Waals surface area contributed by atoms with Crippen LogP contribution >= 0.6 is 0 Å². The highest BCUT2D eigenvalue weighted by Crippen LogP contribution is 2.36. The lowest BCUT2D eigenvalue weighted by Crippen LogP contribution is -2.51. The summed E-state index contributed by atoms with van der Waals surface area (Å²) in [5.74, 6) is 1.02. The van der Waals surface area contributed by atoms with Gasteiger partial charge < -0.3 is 9.31 Å². The van der Waals surface area contributed by atoms with Crippen molar-refractivity contribution in [3.05, 3.63) is 40.9 Å². The van der Waals surface area contributed by atoms with Gasteiger partial charge >= 0.3 is 7.12 Å². The van der Waals surface area contributed by atoms with Gasteiger partial charge in [-0.15, -0.1) is 0 Å². The fourth-order valence-corrected chi connectivity index (χ4v) is 3.43. The Morgan fingerprint density at radius 3 is 2.65 bits per heavy atom. The molecule has 0 amide bonds. The van der Waals surface area contributed by atoms with Crippen molar-refractivity contribution in [2.24, 2.45) is 11.8 Å². The van der Waals surface area contributed by atoms with E-state index in [0.29, 0.717) is 11.8 Å². The van der Waals surface area contributed by atoms with Crippen molar-refractivity contribution in [1.29, 1.82) is 0 Å². The number of allylic oxidation sites excluding steroid dienone is 1. The van der Waals surface area contributed by atoms with Crippen LogP contribution in [-0.4, -0.2) is 19.3 Å². The predicted molar refractivity (Wildman–Crippen MR) is 83.3 cm³/mol. The highest BCUT2D eigenvalue weighted by Gasteiger charge is 2.44. The fourth-order valence-electron chi connectivity index (χ4n) is 3.43. The quantitative estimate of drug-likeness (QED) is 0.762. The normalized spacial score (nSPS) is 24.8. The fraction of sp³-hybridized carbons (Fsp3) is 0.529. The van der Waals surface area contributed by atoms with Crippen LogP contribution in [0.4, 0.5) is 0 Å². The molecule has 1 saturated heterocycles. The molecule has 0 saturated carbocycles. The van der Waals surface area contributed by atoms with E-state index in [1.165, 1.54) is 16.6 Å². The molecule has 0 radical (unpaired) electrons. The first-order valence-electron chi connectivity index (χ1n) is 7.55. The van der Waals surface area contributed by atoms with Gasteiger partial charge in [0.1, 0.15) is 0 Å². The van der Waals surface area contributed by atoms with Gasteiger partial charge in [-0.05, 0) is 42.8 Å². The molecule has 1 aliphatic carbocycles. The van der Waals surface area contributed by atoms with Gasteiger partial charge in [0, 0.05) is 12.5 Å². The summed E-state index contributed by atoms with van der Waals surface area (Å²) >= 11 is 0. The van der Waals surface area contributed by atoms with Crippen LogP contribution in [0.5, 0.6) is 0 Å². The van der Waals surface area contributed by atoms with Crippen LogP contribution in [0.3, 0.4) is 0 Å². The number of fused-ring (bicyclic) bond motifs is 1. The van der Waals surface area contributed by atoms with E-state index in [-0.39, 0.29) is 12.7 Å². The first kappa shape index (κ1) is 13.9. The van der Waals surface area contributed by atoms with Crippen LogP contribution in [0.2, 0.25) is 0 Å². The van der Waals surface area contributed by atoms with Crippen molar-refractivity contribution in [1.82, 2.24) is 0 Å². The lowest BCUT2D eigenvalue weighted by atomic mass is 9.70. The monoisotopic (exact) mass is 270 g/mol. The van der Waals surface area contributed by atoms with Gasteiger partial charge in [0.15, 0.2) is 0 Å². The smallest absolute Gasteiger partial charge is 0.407 e. The highest BCUT2D eigenvalue weighted by atomic mass is 16.6. The molecule has 2 aliphatic rings. The van der Waals surface area contributed by atoms with E-state index in [1.54, 1.807) is 0 Å². The van der Waals surface area contributed by atoms with Gasteiger partial charge in [0.2, 0.25) is 0 Å². The summed E-state index contributed by atoms with van der Waals surface area (Å²) in [5, 5.41) is 0. The summed E-state index contributed by atoms with van der Waals surface area (Å²) in [6.45, 7) is 9.64. The van der Waals surface area contributed by atoms with E-state index in [4.69, 9.17) is 9.31 Å². The van der Waals surface area contributed by atoms with Crippen molar-refractivity contribution in [3.8, 4) is 0 Å². The Bertz CT molecular complexity index is 534. The number of benzene rings is 1. The van der Waals surface area contributed by atoms with Crippen LogP contribution in [0, 0.1) is 11.8 Å². The molecule has 2 nitrogen and oxygen atoms in total. The molecule has 20 heavy (non-hydrogen) atoms. The van der Waals surface area contributed by atoms with E-state index < -0.39 is 0 Å². The van der Waals surface area contributed by atoms with Gasteiger partial charge in [-0.2, -0.15) is 0 Å². The first-order valence-corrected chi connectivity index (χ1v) is 7.55. The second-order valence-electron chi connectivity index (χ2n) is 6.83. The highest BCUT2D eigenvalue weighted by molar-refractivity contribution is 6.55. The lowest BCUT2D eigenvalue weighted by Gasteiger charge is -2.44. The summed E-state index contributed by atoms with van der Waals surface area (Å²) < 4.78 is 12.3. The van der Waals surface area contributed by atoms with Crippen LogP contribution in [0.1, 0.15) is 38.8 Å². The van der Waals surface area contributed by atoms with E-state index >= 15 is 0 Å². The van der Waals surface area contributed by atoms with Crippen molar-refractivity contribution in [3.63, 3.8) is 0 Å². The zero-order chi connectivity index (χ0) is 14.3.